The van der Waals surface area contributed by atoms with Crippen molar-refractivity contribution in [2.45, 2.75) is 33.4 Å². The maximum Gasteiger partial charge on any atom is 0.320 e. The van der Waals surface area contributed by atoms with Crippen LogP contribution in [0.15, 0.2) is 42.5 Å². The molecule has 0 saturated carbocycles. The fourth-order valence-corrected chi connectivity index (χ4v) is 4.16. The fraction of sp³-hybridized carbons (Fsp3) is 0.348. The van der Waals surface area contributed by atoms with Gasteiger partial charge in [-0.05, 0) is 43.2 Å². The van der Waals surface area contributed by atoms with Crippen LogP contribution in [0.2, 0.25) is 0 Å². The lowest BCUT2D eigenvalue weighted by molar-refractivity contribution is -0.135. The number of rotatable bonds is 5. The number of carbonyl (C=O) groups excluding carboxylic acids is 2. The van der Waals surface area contributed by atoms with Crippen LogP contribution in [-0.2, 0) is 16.1 Å². The van der Waals surface area contributed by atoms with Crippen molar-refractivity contribution < 1.29 is 18.4 Å². The summed E-state index contributed by atoms with van der Waals surface area (Å²) in [5, 5.41) is 0. The molecule has 0 N–H and O–H groups in total. The number of nitrogens with zero attached hydrogens (tertiary/aromatic N) is 4. The molecule has 1 aliphatic heterocycles. The molecule has 31 heavy (non-hydrogen) atoms. The largest absolute Gasteiger partial charge is 0.338 e. The lowest BCUT2D eigenvalue weighted by atomic mass is 10.1. The van der Waals surface area contributed by atoms with Crippen LogP contribution in [0.4, 0.5) is 14.5 Å². The van der Waals surface area contributed by atoms with Gasteiger partial charge >= 0.3 is 6.55 Å². The van der Waals surface area contributed by atoms with Crippen molar-refractivity contribution >= 4 is 28.5 Å². The average Bonchev–Trinajstić information content (AvgIpc) is 3.29. The molecule has 1 saturated heterocycles. The molecule has 1 aromatic heterocycles. The summed E-state index contributed by atoms with van der Waals surface area (Å²) in [6, 6.07) is 12.4. The van der Waals surface area contributed by atoms with Crippen molar-refractivity contribution in [3.63, 3.8) is 0 Å². The van der Waals surface area contributed by atoms with Crippen molar-refractivity contribution in [3.8, 4) is 0 Å². The Labute approximate surface area is 179 Å². The first-order chi connectivity index (χ1) is 14.8. The number of amides is 2. The van der Waals surface area contributed by atoms with Crippen molar-refractivity contribution in [3.05, 3.63) is 59.4 Å². The van der Waals surface area contributed by atoms with Gasteiger partial charge in [-0.1, -0.05) is 24.3 Å². The number of fused-ring (bicyclic) bond motifs is 1. The van der Waals surface area contributed by atoms with Crippen LogP contribution in [0.5, 0.6) is 0 Å². The lowest BCUT2D eigenvalue weighted by Gasteiger charge is -2.23. The summed E-state index contributed by atoms with van der Waals surface area (Å²) in [5.74, 6) is -0.779. The highest BCUT2D eigenvalue weighted by molar-refractivity contribution is 6.00. The van der Waals surface area contributed by atoms with E-state index >= 15 is 0 Å². The standard InChI is InChI=1S/C23H24F2N4O2/c1-14-7-6-10-18(15(14)2)28-12-16(11-21(28)30)22(31)27(3)13-20-26-17-8-4-5-9-19(17)29(20)23(24)25/h4-10,16,23H,11-13H2,1-3H3/t16-/m1/s1. The number of hydrogen-bond acceptors (Lipinski definition) is 3. The number of benzene rings is 2. The number of aromatic nitrogens is 2. The molecule has 6 nitrogen and oxygen atoms in total. The first-order valence-corrected chi connectivity index (χ1v) is 10.1. The van der Waals surface area contributed by atoms with E-state index < -0.39 is 12.5 Å². The first kappa shape index (κ1) is 21.0. The molecule has 2 heterocycles. The lowest BCUT2D eigenvalue weighted by Crippen LogP contribution is -2.35. The SMILES string of the molecule is Cc1cccc(N2C[C@H](C(=O)N(C)Cc3nc4ccccc4n3C(F)F)CC2=O)c1C. The van der Waals surface area contributed by atoms with E-state index in [9.17, 15) is 18.4 Å². The third-order valence-electron chi connectivity index (χ3n) is 5.96. The fourth-order valence-electron chi connectivity index (χ4n) is 4.16. The third-order valence-corrected chi connectivity index (χ3v) is 5.96. The molecular formula is C23H24F2N4O2. The quantitative estimate of drug-likeness (QED) is 0.618. The van der Waals surface area contributed by atoms with Gasteiger partial charge in [0.2, 0.25) is 11.8 Å². The number of aryl methyl sites for hydroxylation is 1. The number of halogens is 2. The van der Waals surface area contributed by atoms with Crippen LogP contribution in [-0.4, -0.2) is 39.9 Å². The Hall–Kier alpha value is -3.29. The Bertz CT molecular complexity index is 1160. The number of alkyl halides is 2. The Morgan fingerprint density at radius 3 is 2.68 bits per heavy atom. The second-order valence-electron chi connectivity index (χ2n) is 7.98. The summed E-state index contributed by atoms with van der Waals surface area (Å²) in [5.41, 5.74) is 3.66. The highest BCUT2D eigenvalue weighted by Gasteiger charge is 2.37. The van der Waals surface area contributed by atoms with E-state index in [0.29, 0.717) is 11.0 Å². The molecule has 3 aromatic rings. The zero-order valence-electron chi connectivity index (χ0n) is 17.7. The van der Waals surface area contributed by atoms with Crippen LogP contribution in [0.1, 0.15) is 29.9 Å². The van der Waals surface area contributed by atoms with Crippen LogP contribution in [0, 0.1) is 19.8 Å². The second-order valence-corrected chi connectivity index (χ2v) is 7.98. The van der Waals surface area contributed by atoms with Crippen LogP contribution >= 0.6 is 0 Å². The van der Waals surface area contributed by atoms with E-state index in [4.69, 9.17) is 0 Å². The molecule has 0 unspecified atom stereocenters. The van der Waals surface area contributed by atoms with Crippen LogP contribution in [0.3, 0.4) is 0 Å². The van der Waals surface area contributed by atoms with Crippen molar-refractivity contribution in [1.29, 1.82) is 0 Å². The minimum Gasteiger partial charge on any atom is -0.338 e. The van der Waals surface area contributed by atoms with Gasteiger partial charge in [-0.15, -0.1) is 0 Å². The summed E-state index contributed by atoms with van der Waals surface area (Å²) in [6.45, 7) is 1.38. The Morgan fingerprint density at radius 1 is 1.19 bits per heavy atom. The Morgan fingerprint density at radius 2 is 1.94 bits per heavy atom. The van der Waals surface area contributed by atoms with Crippen LogP contribution in [0.25, 0.3) is 11.0 Å². The zero-order chi connectivity index (χ0) is 22.3. The van der Waals surface area contributed by atoms with Gasteiger partial charge in [-0.3, -0.25) is 14.2 Å². The normalized spacial score (nSPS) is 16.5. The molecule has 162 valence electrons. The molecule has 0 radical (unpaired) electrons. The smallest absolute Gasteiger partial charge is 0.320 e. The minimum atomic E-state index is -2.77. The number of anilines is 1. The van der Waals surface area contributed by atoms with E-state index in [2.05, 4.69) is 4.98 Å². The van der Waals surface area contributed by atoms with E-state index in [1.54, 1.807) is 36.2 Å². The molecule has 2 amide bonds. The van der Waals surface area contributed by atoms with Gasteiger partial charge in [-0.25, -0.2) is 4.98 Å². The molecule has 1 fully saturated rings. The molecule has 0 bridgehead atoms. The van der Waals surface area contributed by atoms with Gasteiger partial charge in [0.1, 0.15) is 5.82 Å². The molecule has 1 aliphatic rings. The summed E-state index contributed by atoms with van der Waals surface area (Å²) >= 11 is 0. The summed E-state index contributed by atoms with van der Waals surface area (Å²) in [4.78, 5) is 33.0. The second kappa shape index (κ2) is 8.09. The van der Waals surface area contributed by atoms with Gasteiger partial charge < -0.3 is 9.80 Å². The summed E-state index contributed by atoms with van der Waals surface area (Å²) < 4.78 is 28.2. The maximum atomic E-state index is 13.7. The van der Waals surface area contributed by atoms with Gasteiger partial charge in [-0.2, -0.15) is 8.78 Å². The molecule has 1 atom stereocenters. The topological polar surface area (TPSA) is 58.4 Å². The average molecular weight is 426 g/mol. The van der Waals surface area contributed by atoms with Gasteiger partial charge in [0.25, 0.3) is 0 Å². The van der Waals surface area contributed by atoms with Crippen molar-refractivity contribution in [2.75, 3.05) is 18.5 Å². The zero-order valence-corrected chi connectivity index (χ0v) is 17.7. The van der Waals surface area contributed by atoms with E-state index in [1.807, 2.05) is 32.0 Å². The summed E-state index contributed by atoms with van der Waals surface area (Å²) in [7, 11) is 1.56. The van der Waals surface area contributed by atoms with E-state index in [1.165, 1.54) is 4.90 Å². The molecule has 0 aliphatic carbocycles. The summed E-state index contributed by atoms with van der Waals surface area (Å²) in [6.07, 6.45) is 0.0990. The van der Waals surface area contributed by atoms with Crippen molar-refractivity contribution in [1.82, 2.24) is 14.5 Å². The highest BCUT2D eigenvalue weighted by Crippen LogP contribution is 2.30. The predicted molar refractivity (Wildman–Crippen MR) is 114 cm³/mol. The van der Waals surface area contributed by atoms with E-state index in [0.717, 1.165) is 21.4 Å². The highest BCUT2D eigenvalue weighted by atomic mass is 19.3. The minimum absolute atomic E-state index is 0.0635. The molecule has 0 spiro atoms. The van der Waals surface area contributed by atoms with Gasteiger partial charge in [0, 0.05) is 25.7 Å². The third kappa shape index (κ3) is 3.78. The van der Waals surface area contributed by atoms with Crippen LogP contribution < -0.4 is 4.90 Å². The monoisotopic (exact) mass is 426 g/mol. The molecular weight excluding hydrogens is 402 g/mol. The van der Waals surface area contributed by atoms with E-state index in [-0.39, 0.29) is 37.1 Å². The molecule has 8 heteroatoms. The Kier molecular flexibility index (Phi) is 5.47. The van der Waals surface area contributed by atoms with Crippen molar-refractivity contribution in [2.24, 2.45) is 5.92 Å². The first-order valence-electron chi connectivity index (χ1n) is 10.1. The number of carbonyl (C=O) groups is 2. The van der Waals surface area contributed by atoms with Gasteiger partial charge in [0.15, 0.2) is 0 Å². The molecule has 4 rings (SSSR count). The molecule has 2 aromatic carbocycles. The van der Waals surface area contributed by atoms with Gasteiger partial charge in [0.05, 0.1) is 23.5 Å². The predicted octanol–water partition coefficient (Wildman–Crippen LogP) is 4.06. The Balaban J connectivity index is 1.53. The number of imidazole rings is 1. The number of hydrogen-bond donors (Lipinski definition) is 0. The maximum absolute atomic E-state index is 13.7. The number of para-hydroxylation sites is 2.